The number of aliphatic hydroxyl groups is 1. The molecular weight excluding hydrogens is 333 g/mol. The van der Waals surface area contributed by atoms with E-state index in [2.05, 4.69) is 15.3 Å². The predicted molar refractivity (Wildman–Crippen MR) is 94.9 cm³/mol. The minimum Gasteiger partial charge on any atom is -0.393 e. The third kappa shape index (κ3) is 3.28. The molecule has 3 aromatic rings. The van der Waals surface area contributed by atoms with Gasteiger partial charge in [0.25, 0.3) is 5.91 Å². The Labute approximate surface area is 149 Å². The summed E-state index contributed by atoms with van der Waals surface area (Å²) < 4.78 is 13.4. The quantitative estimate of drug-likeness (QED) is 0.758. The van der Waals surface area contributed by atoms with Crippen molar-refractivity contribution in [3.8, 4) is 0 Å². The zero-order valence-corrected chi connectivity index (χ0v) is 14.0. The molecule has 5 nitrogen and oxygen atoms in total. The van der Waals surface area contributed by atoms with E-state index in [0.717, 1.165) is 28.7 Å². The Morgan fingerprint density at radius 2 is 2.00 bits per heavy atom. The molecule has 4 rings (SSSR count). The van der Waals surface area contributed by atoms with Crippen molar-refractivity contribution in [2.45, 2.75) is 25.0 Å². The van der Waals surface area contributed by atoms with Gasteiger partial charge in [0.2, 0.25) is 0 Å². The second-order valence-electron chi connectivity index (χ2n) is 6.69. The van der Waals surface area contributed by atoms with Crippen molar-refractivity contribution >= 4 is 16.8 Å². The molecule has 2 N–H and O–H groups in total. The Bertz CT molecular complexity index is 956. The number of rotatable bonds is 4. The molecule has 1 amide bonds. The van der Waals surface area contributed by atoms with Gasteiger partial charge in [-0.2, -0.15) is 0 Å². The van der Waals surface area contributed by atoms with E-state index in [0.29, 0.717) is 12.8 Å². The van der Waals surface area contributed by atoms with Gasteiger partial charge in [0, 0.05) is 17.8 Å². The fourth-order valence-electron chi connectivity index (χ4n) is 3.39. The first-order valence-corrected chi connectivity index (χ1v) is 8.54. The number of aromatic nitrogens is 2. The lowest BCUT2D eigenvalue weighted by molar-refractivity contribution is 0.0235. The first kappa shape index (κ1) is 16.6. The lowest BCUT2D eigenvalue weighted by Gasteiger charge is -2.38. The number of nitrogens with zero attached hydrogens (tertiary/aromatic N) is 2. The summed E-state index contributed by atoms with van der Waals surface area (Å²) in [4.78, 5) is 20.8. The minimum atomic E-state index is -0.555. The summed E-state index contributed by atoms with van der Waals surface area (Å²) in [5.41, 5.74) is 1.92. The highest BCUT2D eigenvalue weighted by molar-refractivity contribution is 5.94. The van der Waals surface area contributed by atoms with Crippen LogP contribution in [-0.2, 0) is 0 Å². The second-order valence-corrected chi connectivity index (χ2v) is 6.69. The molecule has 0 saturated heterocycles. The molecule has 1 aliphatic rings. The summed E-state index contributed by atoms with van der Waals surface area (Å²) in [5, 5.41) is 13.6. The van der Waals surface area contributed by atoms with Gasteiger partial charge in [-0.3, -0.25) is 14.8 Å². The van der Waals surface area contributed by atoms with Gasteiger partial charge in [0.15, 0.2) is 0 Å². The topological polar surface area (TPSA) is 75.1 Å². The highest BCUT2D eigenvalue weighted by Crippen LogP contribution is 2.38. The number of hydrogen-bond acceptors (Lipinski definition) is 4. The van der Waals surface area contributed by atoms with E-state index < -0.39 is 11.7 Å². The maximum Gasteiger partial charge on any atom is 0.253 e. The molecule has 132 valence electrons. The van der Waals surface area contributed by atoms with Gasteiger partial charge in [-0.15, -0.1) is 0 Å². The van der Waals surface area contributed by atoms with Crippen LogP contribution in [0.4, 0.5) is 4.39 Å². The van der Waals surface area contributed by atoms with Gasteiger partial charge >= 0.3 is 0 Å². The molecule has 0 bridgehead atoms. The molecule has 1 atom stereocenters. The third-order valence-electron chi connectivity index (χ3n) is 4.85. The number of benzene rings is 1. The van der Waals surface area contributed by atoms with Gasteiger partial charge in [0.05, 0.1) is 29.4 Å². The van der Waals surface area contributed by atoms with Gasteiger partial charge in [0.1, 0.15) is 5.82 Å². The monoisotopic (exact) mass is 351 g/mol. The molecular formula is C20H18FN3O2. The van der Waals surface area contributed by atoms with Crippen LogP contribution in [0.25, 0.3) is 10.9 Å². The second kappa shape index (κ2) is 6.80. The van der Waals surface area contributed by atoms with Crippen molar-refractivity contribution in [3.63, 3.8) is 0 Å². The lowest BCUT2D eigenvalue weighted by atomic mass is 9.75. The summed E-state index contributed by atoms with van der Waals surface area (Å²) in [6.07, 6.45) is 5.02. The number of carbonyl (C=O) groups is 1. The van der Waals surface area contributed by atoms with Crippen molar-refractivity contribution in [1.82, 2.24) is 15.3 Å². The molecule has 1 fully saturated rings. The van der Waals surface area contributed by atoms with Gasteiger partial charge in [-0.1, -0.05) is 18.2 Å². The third-order valence-corrected chi connectivity index (χ3v) is 4.85. The highest BCUT2D eigenvalue weighted by atomic mass is 19.1. The van der Waals surface area contributed by atoms with Crippen LogP contribution in [0.2, 0.25) is 0 Å². The van der Waals surface area contributed by atoms with E-state index in [1.165, 1.54) is 6.20 Å². The van der Waals surface area contributed by atoms with Crippen molar-refractivity contribution in [3.05, 3.63) is 71.9 Å². The Kier molecular flexibility index (Phi) is 4.34. The normalized spacial score (nSPS) is 20.4. The maximum absolute atomic E-state index is 13.4. The fourth-order valence-corrected chi connectivity index (χ4v) is 3.39. The average molecular weight is 351 g/mol. The van der Waals surface area contributed by atoms with Crippen LogP contribution in [0.15, 0.2) is 55.0 Å². The smallest absolute Gasteiger partial charge is 0.253 e. The van der Waals surface area contributed by atoms with Crippen LogP contribution in [0.1, 0.15) is 34.8 Å². The highest BCUT2D eigenvalue weighted by Gasteiger charge is 2.36. The summed E-state index contributed by atoms with van der Waals surface area (Å²) in [6, 6.07) is 10.6. The van der Waals surface area contributed by atoms with Gasteiger partial charge < -0.3 is 10.4 Å². The lowest BCUT2D eigenvalue weighted by Crippen LogP contribution is -2.41. The van der Waals surface area contributed by atoms with E-state index in [1.54, 1.807) is 6.20 Å². The van der Waals surface area contributed by atoms with Crippen molar-refractivity contribution in [2.24, 2.45) is 5.92 Å². The van der Waals surface area contributed by atoms with Crippen LogP contribution in [0, 0.1) is 11.7 Å². The number of hydrogen-bond donors (Lipinski definition) is 2. The molecule has 1 aromatic carbocycles. The minimum absolute atomic E-state index is 0.110. The number of fused-ring (bicyclic) bond motifs is 1. The number of aliphatic hydroxyl groups excluding tert-OH is 1. The first-order valence-electron chi connectivity index (χ1n) is 8.54. The number of nitrogens with one attached hydrogen (secondary N) is 1. The number of pyridine rings is 2. The molecule has 2 aromatic heterocycles. The molecule has 0 aliphatic heterocycles. The molecule has 6 heteroatoms. The summed E-state index contributed by atoms with van der Waals surface area (Å²) in [6.45, 7) is 0. The molecule has 1 saturated carbocycles. The molecule has 1 aliphatic carbocycles. The zero-order chi connectivity index (χ0) is 18.1. The van der Waals surface area contributed by atoms with E-state index >= 15 is 0 Å². The van der Waals surface area contributed by atoms with Gasteiger partial charge in [-0.25, -0.2) is 4.39 Å². The zero-order valence-electron chi connectivity index (χ0n) is 14.0. The maximum atomic E-state index is 13.4. The Hall–Kier alpha value is -2.86. The number of amides is 1. The van der Waals surface area contributed by atoms with E-state index in [9.17, 15) is 14.3 Å². The van der Waals surface area contributed by atoms with Crippen molar-refractivity contribution in [2.75, 3.05) is 0 Å². The largest absolute Gasteiger partial charge is 0.393 e. The van der Waals surface area contributed by atoms with Crippen molar-refractivity contribution in [1.29, 1.82) is 0 Å². The Morgan fingerprint density at radius 3 is 2.77 bits per heavy atom. The van der Waals surface area contributed by atoms with E-state index in [1.807, 2.05) is 30.3 Å². The van der Waals surface area contributed by atoms with Crippen LogP contribution in [0.5, 0.6) is 0 Å². The SMILES string of the molecule is O=C(NC(c1cnc2ccccc2c1)C1CC(O)C1)c1cncc(F)c1. The van der Waals surface area contributed by atoms with E-state index in [4.69, 9.17) is 0 Å². The number of para-hydroxylation sites is 1. The molecule has 0 radical (unpaired) electrons. The standard InChI is InChI=1S/C20H18FN3O2/c21-16-6-15(9-22-11-16)20(26)24-19(13-7-17(25)8-13)14-5-12-3-1-2-4-18(12)23-10-14/h1-6,9-11,13,17,19,25H,7-8H2,(H,24,26). The average Bonchev–Trinajstić information content (AvgIpc) is 2.63. The van der Waals surface area contributed by atoms with Crippen molar-refractivity contribution < 1.29 is 14.3 Å². The summed E-state index contributed by atoms with van der Waals surface area (Å²) >= 11 is 0. The fraction of sp³-hybridized carbons (Fsp3) is 0.250. The van der Waals surface area contributed by atoms with E-state index in [-0.39, 0.29) is 23.6 Å². The van der Waals surface area contributed by atoms with Crippen LogP contribution in [0.3, 0.4) is 0 Å². The number of carbonyl (C=O) groups excluding carboxylic acids is 1. The first-order chi connectivity index (χ1) is 12.6. The Morgan fingerprint density at radius 1 is 1.19 bits per heavy atom. The molecule has 1 unspecified atom stereocenters. The van der Waals surface area contributed by atoms with Gasteiger partial charge in [-0.05, 0) is 42.5 Å². The number of halogens is 1. The van der Waals surface area contributed by atoms with Crippen LogP contribution in [-0.4, -0.2) is 27.1 Å². The summed E-state index contributed by atoms with van der Waals surface area (Å²) in [5.74, 6) is -0.837. The summed E-state index contributed by atoms with van der Waals surface area (Å²) in [7, 11) is 0. The molecule has 2 heterocycles. The Balaban J connectivity index is 1.64. The molecule has 26 heavy (non-hydrogen) atoms. The van der Waals surface area contributed by atoms with Crippen LogP contribution >= 0.6 is 0 Å². The van der Waals surface area contributed by atoms with Crippen LogP contribution < -0.4 is 5.32 Å². The predicted octanol–water partition coefficient (Wildman–Crippen LogP) is 3.01. The molecule has 0 spiro atoms.